The minimum atomic E-state index is -0.246. The molecule has 0 saturated heterocycles. The summed E-state index contributed by atoms with van der Waals surface area (Å²) in [5.41, 5.74) is 7.66. The Labute approximate surface area is 140 Å². The number of nitrogens with one attached hydrogen (secondary N) is 1. The Hall–Kier alpha value is -1.36. The molecule has 1 unspecified atom stereocenters. The Morgan fingerprint density at radius 3 is 2.64 bits per heavy atom. The molecule has 1 atom stereocenters. The number of aryl methyl sites for hydroxylation is 1. The number of benzene rings is 1. The van der Waals surface area contributed by atoms with Gasteiger partial charge in [-0.25, -0.2) is 0 Å². The standard InChI is InChI=1S/C17H23BrN2O2/c18-13-8-9-14-12(11-13)7-10-15(14)20-17(22)6-4-2-1-3-5-16(19)21/h8-9,11,15H,1-7,10H2,(H2,19,21)(H,20,22). The van der Waals surface area contributed by atoms with Gasteiger partial charge >= 0.3 is 0 Å². The molecule has 0 aliphatic heterocycles. The lowest BCUT2D eigenvalue weighted by atomic mass is 10.1. The molecule has 0 heterocycles. The molecule has 5 heteroatoms. The lowest BCUT2D eigenvalue weighted by Gasteiger charge is -2.14. The Bertz CT molecular complexity index is 545. The molecular weight excluding hydrogens is 344 g/mol. The molecule has 1 aromatic rings. The molecule has 3 N–H and O–H groups in total. The van der Waals surface area contributed by atoms with Gasteiger partial charge in [0, 0.05) is 17.3 Å². The van der Waals surface area contributed by atoms with Crippen molar-refractivity contribution in [2.24, 2.45) is 5.73 Å². The molecule has 0 radical (unpaired) electrons. The number of carbonyl (C=O) groups is 2. The maximum absolute atomic E-state index is 12.0. The van der Waals surface area contributed by atoms with Crippen molar-refractivity contribution in [2.45, 2.75) is 57.4 Å². The first-order valence-corrected chi connectivity index (χ1v) is 8.71. The van der Waals surface area contributed by atoms with Crippen LogP contribution in [0.15, 0.2) is 22.7 Å². The number of rotatable bonds is 8. The monoisotopic (exact) mass is 366 g/mol. The SMILES string of the molecule is NC(=O)CCCCCCC(=O)NC1CCc2cc(Br)ccc21. The van der Waals surface area contributed by atoms with Crippen LogP contribution in [0.2, 0.25) is 0 Å². The number of primary amides is 1. The van der Waals surface area contributed by atoms with E-state index in [1.54, 1.807) is 0 Å². The maximum Gasteiger partial charge on any atom is 0.220 e. The Balaban J connectivity index is 1.67. The average Bonchev–Trinajstić information content (AvgIpc) is 2.84. The topological polar surface area (TPSA) is 72.2 Å². The van der Waals surface area contributed by atoms with E-state index in [-0.39, 0.29) is 17.9 Å². The fourth-order valence-electron chi connectivity index (χ4n) is 2.94. The molecule has 2 amide bonds. The van der Waals surface area contributed by atoms with Gasteiger partial charge in [0.15, 0.2) is 0 Å². The fourth-order valence-corrected chi connectivity index (χ4v) is 3.35. The zero-order valence-electron chi connectivity index (χ0n) is 12.7. The van der Waals surface area contributed by atoms with Gasteiger partial charge in [0.05, 0.1) is 6.04 Å². The normalized spacial score (nSPS) is 16.3. The van der Waals surface area contributed by atoms with Gasteiger partial charge < -0.3 is 11.1 Å². The summed E-state index contributed by atoms with van der Waals surface area (Å²) in [7, 11) is 0. The first-order valence-electron chi connectivity index (χ1n) is 7.92. The Morgan fingerprint density at radius 1 is 1.18 bits per heavy atom. The Morgan fingerprint density at radius 2 is 1.91 bits per heavy atom. The minimum absolute atomic E-state index is 0.121. The first kappa shape index (κ1) is 17.0. The summed E-state index contributed by atoms with van der Waals surface area (Å²) in [6, 6.07) is 6.43. The zero-order chi connectivity index (χ0) is 15.9. The average molecular weight is 367 g/mol. The molecule has 1 aromatic carbocycles. The van der Waals surface area contributed by atoms with Crippen LogP contribution in [0.1, 0.15) is 62.1 Å². The number of hydrogen-bond acceptors (Lipinski definition) is 2. The number of unbranched alkanes of at least 4 members (excludes halogenated alkanes) is 3. The van der Waals surface area contributed by atoms with Crippen LogP contribution in [0.4, 0.5) is 0 Å². The molecule has 1 aliphatic carbocycles. The quantitative estimate of drug-likeness (QED) is 0.692. The number of halogens is 1. The molecule has 0 aromatic heterocycles. The lowest BCUT2D eigenvalue weighted by Crippen LogP contribution is -2.26. The van der Waals surface area contributed by atoms with Crippen molar-refractivity contribution in [1.82, 2.24) is 5.32 Å². The van der Waals surface area contributed by atoms with E-state index >= 15 is 0 Å². The predicted octanol–water partition coefficient (Wildman–Crippen LogP) is 3.38. The van der Waals surface area contributed by atoms with Gasteiger partial charge in [0.2, 0.25) is 11.8 Å². The molecule has 0 saturated carbocycles. The summed E-state index contributed by atoms with van der Waals surface area (Å²) in [4.78, 5) is 22.6. The molecule has 0 fully saturated rings. The molecule has 0 bridgehead atoms. The van der Waals surface area contributed by atoms with Crippen molar-refractivity contribution in [3.8, 4) is 0 Å². The van der Waals surface area contributed by atoms with Crippen molar-refractivity contribution < 1.29 is 9.59 Å². The van der Waals surface area contributed by atoms with Crippen LogP contribution >= 0.6 is 15.9 Å². The summed E-state index contributed by atoms with van der Waals surface area (Å²) >= 11 is 3.48. The summed E-state index contributed by atoms with van der Waals surface area (Å²) in [5, 5.41) is 3.14. The number of nitrogens with two attached hydrogens (primary N) is 1. The lowest BCUT2D eigenvalue weighted by molar-refractivity contribution is -0.122. The number of amides is 2. The van der Waals surface area contributed by atoms with Gasteiger partial charge in [0.1, 0.15) is 0 Å². The second-order valence-electron chi connectivity index (χ2n) is 5.88. The van der Waals surface area contributed by atoms with Crippen LogP contribution in [0.5, 0.6) is 0 Å². The molecule has 2 rings (SSSR count). The van der Waals surface area contributed by atoms with Crippen molar-refractivity contribution in [1.29, 1.82) is 0 Å². The second kappa shape index (κ2) is 8.32. The molecule has 120 valence electrons. The highest BCUT2D eigenvalue weighted by molar-refractivity contribution is 9.10. The van der Waals surface area contributed by atoms with Gasteiger partial charge in [-0.2, -0.15) is 0 Å². The van der Waals surface area contributed by atoms with E-state index in [1.807, 2.05) is 6.07 Å². The van der Waals surface area contributed by atoms with E-state index in [9.17, 15) is 9.59 Å². The predicted molar refractivity (Wildman–Crippen MR) is 90.2 cm³/mol. The molecule has 4 nitrogen and oxygen atoms in total. The third-order valence-corrected chi connectivity index (χ3v) is 4.59. The van der Waals surface area contributed by atoms with Gasteiger partial charge in [-0.15, -0.1) is 0 Å². The number of hydrogen-bond donors (Lipinski definition) is 2. The van der Waals surface area contributed by atoms with E-state index in [0.717, 1.165) is 43.0 Å². The zero-order valence-corrected chi connectivity index (χ0v) is 14.3. The molecule has 1 aliphatic rings. The third-order valence-electron chi connectivity index (χ3n) is 4.10. The fraction of sp³-hybridized carbons (Fsp3) is 0.529. The molecule has 0 spiro atoms. The highest BCUT2D eigenvalue weighted by Gasteiger charge is 2.23. The first-order chi connectivity index (χ1) is 10.6. The highest BCUT2D eigenvalue weighted by atomic mass is 79.9. The van der Waals surface area contributed by atoms with Crippen LogP contribution in [0, 0.1) is 0 Å². The van der Waals surface area contributed by atoms with E-state index in [2.05, 4.69) is 33.4 Å². The van der Waals surface area contributed by atoms with Gasteiger partial charge in [0.25, 0.3) is 0 Å². The van der Waals surface area contributed by atoms with Crippen molar-refractivity contribution >= 4 is 27.7 Å². The van der Waals surface area contributed by atoms with E-state index < -0.39 is 0 Å². The molecule has 22 heavy (non-hydrogen) atoms. The summed E-state index contributed by atoms with van der Waals surface area (Å²) in [6.07, 6.45) is 6.61. The number of fused-ring (bicyclic) bond motifs is 1. The highest BCUT2D eigenvalue weighted by Crippen LogP contribution is 2.32. The van der Waals surface area contributed by atoms with Crippen LogP contribution in [0.3, 0.4) is 0 Å². The summed E-state index contributed by atoms with van der Waals surface area (Å²) in [6.45, 7) is 0. The second-order valence-corrected chi connectivity index (χ2v) is 6.80. The largest absolute Gasteiger partial charge is 0.370 e. The van der Waals surface area contributed by atoms with Crippen molar-refractivity contribution in [3.63, 3.8) is 0 Å². The van der Waals surface area contributed by atoms with E-state index in [1.165, 1.54) is 11.1 Å². The van der Waals surface area contributed by atoms with Crippen LogP contribution in [-0.2, 0) is 16.0 Å². The number of carbonyl (C=O) groups excluding carboxylic acids is 2. The Kier molecular flexibility index (Phi) is 6.43. The molecular formula is C17H23BrN2O2. The summed E-state index contributed by atoms with van der Waals surface area (Å²) in [5.74, 6) is -0.125. The van der Waals surface area contributed by atoms with E-state index in [0.29, 0.717) is 12.8 Å². The minimum Gasteiger partial charge on any atom is -0.370 e. The smallest absolute Gasteiger partial charge is 0.220 e. The third kappa shape index (κ3) is 5.13. The maximum atomic E-state index is 12.0. The van der Waals surface area contributed by atoms with Gasteiger partial charge in [-0.1, -0.05) is 34.8 Å². The van der Waals surface area contributed by atoms with Crippen LogP contribution in [-0.4, -0.2) is 11.8 Å². The van der Waals surface area contributed by atoms with Crippen LogP contribution < -0.4 is 11.1 Å². The summed E-state index contributed by atoms with van der Waals surface area (Å²) < 4.78 is 1.09. The van der Waals surface area contributed by atoms with Gasteiger partial charge in [-0.3, -0.25) is 9.59 Å². The van der Waals surface area contributed by atoms with Crippen molar-refractivity contribution in [3.05, 3.63) is 33.8 Å². The van der Waals surface area contributed by atoms with Crippen LogP contribution in [0.25, 0.3) is 0 Å². The van der Waals surface area contributed by atoms with Crippen molar-refractivity contribution in [2.75, 3.05) is 0 Å². The van der Waals surface area contributed by atoms with E-state index in [4.69, 9.17) is 5.73 Å². The van der Waals surface area contributed by atoms with Gasteiger partial charge in [-0.05, 0) is 48.9 Å².